The maximum Gasteiger partial charge on any atom is 0.168 e. The summed E-state index contributed by atoms with van der Waals surface area (Å²) >= 11 is 0. The first-order valence-corrected chi connectivity index (χ1v) is 4.76. The molecule has 1 aromatic rings. The first-order valence-electron chi connectivity index (χ1n) is 4.76. The number of hydrogen-bond acceptors (Lipinski definition) is 2. The summed E-state index contributed by atoms with van der Waals surface area (Å²) in [5, 5.41) is 0. The van der Waals surface area contributed by atoms with Gasteiger partial charge in [-0.1, -0.05) is 26.0 Å². The third-order valence-electron chi connectivity index (χ3n) is 2.11. The van der Waals surface area contributed by atoms with E-state index >= 15 is 0 Å². The van der Waals surface area contributed by atoms with Crippen molar-refractivity contribution in [3.63, 3.8) is 0 Å². The summed E-state index contributed by atoms with van der Waals surface area (Å²) in [5.41, 5.74) is 0.980. The number of ether oxygens (including phenoxy) is 1. The van der Waals surface area contributed by atoms with Gasteiger partial charge in [-0.05, 0) is 0 Å². The largest absolute Gasteiger partial charge is 0.383 e. The maximum absolute atomic E-state index is 11.5. The minimum Gasteiger partial charge on any atom is -0.383 e. The van der Waals surface area contributed by atoms with E-state index in [1.165, 1.54) is 0 Å². The van der Waals surface area contributed by atoms with Gasteiger partial charge in [0, 0.05) is 46.4 Å². The average Bonchev–Trinajstić information content (AvgIpc) is 2.15. The van der Waals surface area contributed by atoms with Crippen LogP contribution in [-0.4, -0.2) is 18.3 Å². The van der Waals surface area contributed by atoms with Gasteiger partial charge < -0.3 is 9.30 Å². The van der Waals surface area contributed by atoms with E-state index in [4.69, 9.17) is 4.74 Å². The van der Waals surface area contributed by atoms with Crippen molar-refractivity contribution in [2.24, 2.45) is 0 Å². The zero-order valence-electron chi connectivity index (χ0n) is 9.49. The minimum absolute atomic E-state index is 0. The van der Waals surface area contributed by atoms with Crippen LogP contribution < -0.4 is 5.56 Å². The SMILES string of the molecule is COCCn1c[c-]c(C(C)C)cc1=O.[Y]. The molecule has 0 spiro atoms. The second kappa shape index (κ2) is 7.31. The molecule has 3 nitrogen and oxygen atoms in total. The Balaban J connectivity index is 0.00000196. The smallest absolute Gasteiger partial charge is 0.168 e. The number of rotatable bonds is 4. The molecule has 1 radical (unpaired) electrons. The molecule has 0 N–H and O–H groups in total. The van der Waals surface area contributed by atoms with Crippen molar-refractivity contribution in [1.29, 1.82) is 0 Å². The fraction of sp³-hybridized carbons (Fsp3) is 0.545. The van der Waals surface area contributed by atoms with Crippen molar-refractivity contribution in [1.82, 2.24) is 4.57 Å². The fourth-order valence-electron chi connectivity index (χ4n) is 1.17. The third kappa shape index (κ3) is 4.58. The van der Waals surface area contributed by atoms with E-state index in [2.05, 4.69) is 6.07 Å². The molecule has 81 valence electrons. The molecule has 0 atom stereocenters. The van der Waals surface area contributed by atoms with Crippen LogP contribution in [-0.2, 0) is 44.0 Å². The van der Waals surface area contributed by atoms with E-state index in [9.17, 15) is 4.79 Å². The number of nitrogens with zero attached hydrogens (tertiary/aromatic N) is 1. The molecule has 0 aliphatic heterocycles. The van der Waals surface area contributed by atoms with Gasteiger partial charge >= 0.3 is 0 Å². The molecule has 1 rings (SSSR count). The molecule has 0 aromatic carbocycles. The Hall–Kier alpha value is 0.0139. The number of hydrogen-bond donors (Lipinski definition) is 0. The summed E-state index contributed by atoms with van der Waals surface area (Å²) in [6, 6.07) is 4.73. The van der Waals surface area contributed by atoms with E-state index < -0.39 is 0 Å². The second-order valence-electron chi connectivity index (χ2n) is 3.55. The molecule has 1 aromatic heterocycles. The first kappa shape index (κ1) is 15.0. The van der Waals surface area contributed by atoms with Gasteiger partial charge in [0.25, 0.3) is 0 Å². The summed E-state index contributed by atoms with van der Waals surface area (Å²) < 4.78 is 6.51. The second-order valence-corrected chi connectivity index (χ2v) is 3.55. The molecule has 0 aliphatic rings. The van der Waals surface area contributed by atoms with Crippen molar-refractivity contribution >= 4 is 0 Å². The van der Waals surface area contributed by atoms with E-state index in [1.807, 2.05) is 13.8 Å². The standard InChI is InChI=1S/C11H16NO2.Y/c1-9(2)10-4-5-12(6-7-14-3)11(13)8-10;/h5,8-9H,6-7H2,1-3H3;/q-1;. The predicted octanol–water partition coefficient (Wildman–Crippen LogP) is 1.42. The molecule has 0 aliphatic carbocycles. The molecule has 0 amide bonds. The zero-order valence-corrected chi connectivity index (χ0v) is 12.3. The fourth-order valence-corrected chi connectivity index (χ4v) is 1.17. The first-order chi connectivity index (χ1) is 6.65. The van der Waals surface area contributed by atoms with Gasteiger partial charge in [-0.3, -0.25) is 4.79 Å². The van der Waals surface area contributed by atoms with Crippen LogP contribution in [0.5, 0.6) is 0 Å². The Kier molecular flexibility index (Phi) is 7.32. The van der Waals surface area contributed by atoms with Crippen molar-refractivity contribution in [2.45, 2.75) is 26.3 Å². The van der Waals surface area contributed by atoms with Crippen molar-refractivity contribution in [2.75, 3.05) is 13.7 Å². The number of aromatic nitrogens is 1. The minimum atomic E-state index is 0. The van der Waals surface area contributed by atoms with Gasteiger partial charge in [0.15, 0.2) is 5.56 Å². The van der Waals surface area contributed by atoms with Gasteiger partial charge in [-0.15, -0.1) is 6.07 Å². The molecular weight excluding hydrogens is 267 g/mol. The predicted molar refractivity (Wildman–Crippen MR) is 55.5 cm³/mol. The van der Waals surface area contributed by atoms with Crippen LogP contribution in [0.2, 0.25) is 0 Å². The Morgan fingerprint density at radius 3 is 2.67 bits per heavy atom. The molecular formula is C11H16NO2Y-. The Morgan fingerprint density at radius 1 is 1.53 bits per heavy atom. The summed E-state index contributed by atoms with van der Waals surface area (Å²) in [7, 11) is 1.62. The van der Waals surface area contributed by atoms with E-state index in [0.29, 0.717) is 19.1 Å². The van der Waals surface area contributed by atoms with Crippen molar-refractivity contribution < 1.29 is 37.4 Å². The normalized spacial score (nSPS) is 10.1. The summed E-state index contributed by atoms with van der Waals surface area (Å²) in [5.74, 6) is 0.347. The zero-order chi connectivity index (χ0) is 10.6. The van der Waals surface area contributed by atoms with E-state index in [-0.39, 0.29) is 38.3 Å². The molecule has 1 heterocycles. The van der Waals surface area contributed by atoms with Crippen molar-refractivity contribution in [3.05, 3.63) is 34.2 Å². The Morgan fingerprint density at radius 2 is 2.20 bits per heavy atom. The van der Waals surface area contributed by atoms with Crippen LogP contribution in [0, 0.1) is 6.07 Å². The topological polar surface area (TPSA) is 31.2 Å². The molecule has 0 fully saturated rings. The molecule has 0 bridgehead atoms. The summed E-state index contributed by atoms with van der Waals surface area (Å²) in [6.45, 7) is 5.23. The Bertz CT molecular complexity index is 347. The maximum atomic E-state index is 11.5. The van der Waals surface area contributed by atoms with Gasteiger partial charge in [0.2, 0.25) is 0 Å². The molecule has 15 heavy (non-hydrogen) atoms. The van der Waals surface area contributed by atoms with Crippen LogP contribution >= 0.6 is 0 Å². The average molecular weight is 283 g/mol. The van der Waals surface area contributed by atoms with Gasteiger partial charge in [0.05, 0.1) is 6.61 Å². The van der Waals surface area contributed by atoms with Crippen LogP contribution in [0.15, 0.2) is 17.1 Å². The van der Waals surface area contributed by atoms with Crippen LogP contribution in [0.3, 0.4) is 0 Å². The molecule has 0 unspecified atom stereocenters. The third-order valence-corrected chi connectivity index (χ3v) is 2.11. The Labute approximate surface area is 116 Å². The molecule has 0 saturated heterocycles. The molecule has 0 saturated carbocycles. The van der Waals surface area contributed by atoms with Crippen LogP contribution in [0.25, 0.3) is 0 Å². The van der Waals surface area contributed by atoms with E-state index in [0.717, 1.165) is 5.56 Å². The monoisotopic (exact) mass is 283 g/mol. The quantitative estimate of drug-likeness (QED) is 0.782. The van der Waals surface area contributed by atoms with Gasteiger partial charge in [0.1, 0.15) is 0 Å². The van der Waals surface area contributed by atoms with Crippen LogP contribution in [0.4, 0.5) is 0 Å². The van der Waals surface area contributed by atoms with Crippen molar-refractivity contribution in [3.8, 4) is 0 Å². The molecule has 4 heteroatoms. The van der Waals surface area contributed by atoms with Gasteiger partial charge in [-0.25, -0.2) is 11.6 Å². The summed E-state index contributed by atoms with van der Waals surface area (Å²) in [6.07, 6.45) is 1.71. The summed E-state index contributed by atoms with van der Waals surface area (Å²) in [4.78, 5) is 11.5. The number of pyridine rings is 1. The van der Waals surface area contributed by atoms with Crippen LogP contribution in [0.1, 0.15) is 25.3 Å². The number of methoxy groups -OCH3 is 1. The van der Waals surface area contributed by atoms with E-state index in [1.54, 1.807) is 23.9 Å². The van der Waals surface area contributed by atoms with Gasteiger partial charge in [-0.2, -0.15) is 0 Å².